The highest BCUT2D eigenvalue weighted by Gasteiger charge is 2.35. The van der Waals surface area contributed by atoms with Crippen molar-refractivity contribution in [1.82, 2.24) is 15.2 Å². The number of nitrogens with zero attached hydrogens (tertiary/aromatic N) is 2. The SMILES string of the molecule is O=C(NCCN1C(=O)c2cc3ccccc3cc2C1=O)c1cccnc1. The van der Waals surface area contributed by atoms with Crippen LogP contribution in [0.3, 0.4) is 0 Å². The Labute approximate surface area is 149 Å². The van der Waals surface area contributed by atoms with Crippen LogP contribution in [0.2, 0.25) is 0 Å². The fourth-order valence-corrected chi connectivity index (χ4v) is 3.06. The van der Waals surface area contributed by atoms with E-state index in [1.807, 2.05) is 24.3 Å². The molecule has 1 aliphatic heterocycles. The first-order valence-corrected chi connectivity index (χ1v) is 8.22. The van der Waals surface area contributed by atoms with E-state index in [1.54, 1.807) is 30.5 Å². The van der Waals surface area contributed by atoms with Crippen molar-refractivity contribution >= 4 is 28.5 Å². The van der Waals surface area contributed by atoms with Crippen molar-refractivity contribution in [1.29, 1.82) is 0 Å². The summed E-state index contributed by atoms with van der Waals surface area (Å²) in [7, 11) is 0. The Morgan fingerprint density at radius 1 is 0.962 bits per heavy atom. The Morgan fingerprint density at radius 2 is 1.62 bits per heavy atom. The van der Waals surface area contributed by atoms with Gasteiger partial charge in [-0.3, -0.25) is 24.3 Å². The largest absolute Gasteiger partial charge is 0.350 e. The lowest BCUT2D eigenvalue weighted by Gasteiger charge is -2.14. The Hall–Kier alpha value is -3.54. The van der Waals surface area contributed by atoms with Crippen molar-refractivity contribution in [2.45, 2.75) is 0 Å². The molecule has 1 aliphatic rings. The summed E-state index contributed by atoms with van der Waals surface area (Å²) in [6, 6.07) is 14.4. The molecule has 6 heteroatoms. The number of fused-ring (bicyclic) bond motifs is 2. The molecule has 0 aliphatic carbocycles. The van der Waals surface area contributed by atoms with Gasteiger partial charge in [-0.2, -0.15) is 0 Å². The monoisotopic (exact) mass is 345 g/mol. The van der Waals surface area contributed by atoms with Crippen LogP contribution in [-0.2, 0) is 0 Å². The molecule has 1 aromatic heterocycles. The van der Waals surface area contributed by atoms with E-state index in [0.29, 0.717) is 16.7 Å². The summed E-state index contributed by atoms with van der Waals surface area (Å²) in [6.45, 7) is 0.299. The lowest BCUT2D eigenvalue weighted by molar-refractivity contribution is 0.0650. The number of rotatable bonds is 4. The van der Waals surface area contributed by atoms with Crippen molar-refractivity contribution < 1.29 is 14.4 Å². The van der Waals surface area contributed by atoms with E-state index in [1.165, 1.54) is 11.1 Å². The first-order valence-electron chi connectivity index (χ1n) is 8.22. The summed E-state index contributed by atoms with van der Waals surface area (Å²) in [5, 5.41) is 4.53. The van der Waals surface area contributed by atoms with E-state index in [2.05, 4.69) is 10.3 Å². The molecule has 0 saturated carbocycles. The summed E-state index contributed by atoms with van der Waals surface area (Å²) in [4.78, 5) is 42.2. The van der Waals surface area contributed by atoms with Crippen molar-refractivity contribution in [3.8, 4) is 0 Å². The number of hydrogen-bond acceptors (Lipinski definition) is 4. The molecule has 2 aromatic carbocycles. The summed E-state index contributed by atoms with van der Waals surface area (Å²) >= 11 is 0. The summed E-state index contributed by atoms with van der Waals surface area (Å²) in [6.07, 6.45) is 3.04. The molecular weight excluding hydrogens is 330 g/mol. The van der Waals surface area contributed by atoms with Gasteiger partial charge < -0.3 is 5.32 Å². The highest BCUT2D eigenvalue weighted by molar-refractivity contribution is 6.23. The molecule has 128 valence electrons. The fourth-order valence-electron chi connectivity index (χ4n) is 3.06. The standard InChI is InChI=1S/C20H15N3O3/c24-18(15-6-3-7-21-12-15)22-8-9-23-19(25)16-10-13-4-1-2-5-14(13)11-17(16)20(23)26/h1-7,10-12H,8-9H2,(H,22,24). The third-order valence-electron chi connectivity index (χ3n) is 4.38. The van der Waals surface area contributed by atoms with Crippen LogP contribution in [0.1, 0.15) is 31.1 Å². The minimum Gasteiger partial charge on any atom is -0.350 e. The second-order valence-corrected chi connectivity index (χ2v) is 6.00. The summed E-state index contributed by atoms with van der Waals surface area (Å²) in [5.41, 5.74) is 1.25. The molecule has 0 saturated heterocycles. The minimum absolute atomic E-state index is 0.120. The molecular formula is C20H15N3O3. The molecule has 1 N–H and O–H groups in total. The van der Waals surface area contributed by atoms with Crippen molar-refractivity contribution in [3.05, 3.63) is 77.6 Å². The predicted molar refractivity (Wildman–Crippen MR) is 95.9 cm³/mol. The third-order valence-corrected chi connectivity index (χ3v) is 4.38. The van der Waals surface area contributed by atoms with E-state index >= 15 is 0 Å². The Morgan fingerprint density at radius 3 is 2.19 bits per heavy atom. The van der Waals surface area contributed by atoms with Crippen LogP contribution in [-0.4, -0.2) is 40.7 Å². The fraction of sp³-hybridized carbons (Fsp3) is 0.100. The Kier molecular flexibility index (Phi) is 3.93. The number of pyridine rings is 1. The molecule has 26 heavy (non-hydrogen) atoms. The van der Waals surface area contributed by atoms with Gasteiger partial charge in [-0.1, -0.05) is 24.3 Å². The van der Waals surface area contributed by atoms with E-state index in [0.717, 1.165) is 10.8 Å². The lowest BCUT2D eigenvalue weighted by atomic mass is 10.0. The van der Waals surface area contributed by atoms with E-state index in [9.17, 15) is 14.4 Å². The van der Waals surface area contributed by atoms with Crippen LogP contribution in [0.25, 0.3) is 10.8 Å². The van der Waals surface area contributed by atoms with Gasteiger partial charge in [-0.05, 0) is 35.0 Å². The number of amides is 3. The smallest absolute Gasteiger partial charge is 0.261 e. The van der Waals surface area contributed by atoms with Crippen LogP contribution in [0, 0.1) is 0 Å². The quantitative estimate of drug-likeness (QED) is 0.736. The first kappa shape index (κ1) is 16.0. The second kappa shape index (κ2) is 6.40. The summed E-state index contributed by atoms with van der Waals surface area (Å²) < 4.78 is 0. The van der Waals surface area contributed by atoms with Gasteiger partial charge >= 0.3 is 0 Å². The van der Waals surface area contributed by atoms with Gasteiger partial charge in [0.05, 0.1) is 16.7 Å². The maximum atomic E-state index is 12.6. The molecule has 0 atom stereocenters. The van der Waals surface area contributed by atoms with Crippen LogP contribution < -0.4 is 5.32 Å². The first-order chi connectivity index (χ1) is 12.6. The number of carbonyl (C=O) groups excluding carboxylic acids is 3. The number of imide groups is 1. The van der Waals surface area contributed by atoms with Gasteiger partial charge in [0.1, 0.15) is 0 Å². The highest BCUT2D eigenvalue weighted by Crippen LogP contribution is 2.27. The molecule has 0 spiro atoms. The zero-order valence-corrected chi connectivity index (χ0v) is 13.8. The molecule has 4 rings (SSSR count). The van der Waals surface area contributed by atoms with E-state index < -0.39 is 0 Å². The maximum absolute atomic E-state index is 12.6. The average Bonchev–Trinajstić information content (AvgIpc) is 2.91. The van der Waals surface area contributed by atoms with Crippen LogP contribution in [0.5, 0.6) is 0 Å². The van der Waals surface area contributed by atoms with Crippen molar-refractivity contribution in [2.24, 2.45) is 0 Å². The third kappa shape index (κ3) is 2.71. The number of aromatic nitrogens is 1. The van der Waals surface area contributed by atoms with Crippen LogP contribution >= 0.6 is 0 Å². The van der Waals surface area contributed by atoms with Crippen LogP contribution in [0.15, 0.2) is 60.9 Å². The predicted octanol–water partition coefficient (Wildman–Crippen LogP) is 2.26. The average molecular weight is 345 g/mol. The number of benzene rings is 2. The Balaban J connectivity index is 1.48. The number of carbonyl (C=O) groups is 3. The highest BCUT2D eigenvalue weighted by atomic mass is 16.2. The second-order valence-electron chi connectivity index (χ2n) is 6.00. The van der Waals surface area contributed by atoms with E-state index in [-0.39, 0.29) is 30.8 Å². The zero-order chi connectivity index (χ0) is 18.1. The molecule has 0 fully saturated rings. The molecule has 0 unspecified atom stereocenters. The summed E-state index contributed by atoms with van der Waals surface area (Å²) in [5.74, 6) is -0.946. The number of hydrogen-bond donors (Lipinski definition) is 1. The van der Waals surface area contributed by atoms with E-state index in [4.69, 9.17) is 0 Å². The van der Waals surface area contributed by atoms with Gasteiger partial charge in [0.2, 0.25) is 0 Å². The molecule has 0 bridgehead atoms. The van der Waals surface area contributed by atoms with Gasteiger partial charge in [0.25, 0.3) is 17.7 Å². The van der Waals surface area contributed by atoms with Gasteiger partial charge in [-0.25, -0.2) is 0 Å². The topological polar surface area (TPSA) is 79.4 Å². The molecule has 3 aromatic rings. The molecule has 3 amide bonds. The minimum atomic E-state index is -0.327. The van der Waals surface area contributed by atoms with Gasteiger partial charge in [-0.15, -0.1) is 0 Å². The van der Waals surface area contributed by atoms with Gasteiger partial charge in [0, 0.05) is 25.5 Å². The molecule has 0 radical (unpaired) electrons. The van der Waals surface area contributed by atoms with Gasteiger partial charge in [0.15, 0.2) is 0 Å². The van der Waals surface area contributed by atoms with Crippen molar-refractivity contribution in [3.63, 3.8) is 0 Å². The lowest BCUT2D eigenvalue weighted by Crippen LogP contribution is -2.38. The maximum Gasteiger partial charge on any atom is 0.261 e. The normalized spacial score (nSPS) is 13.2. The van der Waals surface area contributed by atoms with Crippen molar-refractivity contribution in [2.75, 3.05) is 13.1 Å². The molecule has 2 heterocycles. The molecule has 6 nitrogen and oxygen atoms in total. The zero-order valence-electron chi connectivity index (χ0n) is 13.8. The Bertz CT molecular complexity index is 976. The number of nitrogens with one attached hydrogen (secondary N) is 1. The van der Waals surface area contributed by atoms with Crippen LogP contribution in [0.4, 0.5) is 0 Å².